The van der Waals surface area contributed by atoms with Gasteiger partial charge in [0.1, 0.15) is 34.7 Å². The smallest absolute Gasteiger partial charge is 0.313 e. The lowest BCUT2D eigenvalue weighted by atomic mass is 9.89. The molecule has 5 rings (SSSR count). The average molecular weight is 630 g/mol. The number of nitrogens with one attached hydrogen (secondary N) is 1. The summed E-state index contributed by atoms with van der Waals surface area (Å²) < 4.78 is 25.8. The molecular weight excluding hydrogens is 611 g/mol. The predicted octanol–water partition coefficient (Wildman–Crippen LogP) is -2.57. The number of carbonyl (C=O) groups is 3. The van der Waals surface area contributed by atoms with Gasteiger partial charge < -0.3 is 31.6 Å². The number of anilines is 2. The Morgan fingerprint density at radius 1 is 1.43 bits per heavy atom. The first-order valence-corrected chi connectivity index (χ1v) is 15.9. The summed E-state index contributed by atoms with van der Waals surface area (Å²) in [6, 6.07) is 0.244. The van der Waals surface area contributed by atoms with E-state index in [1.54, 1.807) is 0 Å². The number of amides is 2. The van der Waals surface area contributed by atoms with Crippen molar-refractivity contribution in [2.75, 3.05) is 36.6 Å². The van der Waals surface area contributed by atoms with Crippen molar-refractivity contribution in [3.8, 4) is 0 Å². The van der Waals surface area contributed by atoms with Gasteiger partial charge >= 0.3 is 5.97 Å². The topological polar surface area (TPSA) is 263 Å². The van der Waals surface area contributed by atoms with E-state index in [9.17, 15) is 27.9 Å². The number of nitrogen functional groups attached to an aromatic ring is 2. The van der Waals surface area contributed by atoms with Crippen molar-refractivity contribution in [3.05, 3.63) is 17.1 Å². The highest BCUT2D eigenvalue weighted by molar-refractivity contribution is 8.34. The number of thiazole rings is 1. The fourth-order valence-electron chi connectivity index (χ4n) is 4.18. The summed E-state index contributed by atoms with van der Waals surface area (Å²) in [6.45, 7) is -0.282. The van der Waals surface area contributed by atoms with E-state index in [1.165, 1.54) is 23.5 Å². The van der Waals surface area contributed by atoms with Gasteiger partial charge in [-0.25, -0.2) is 4.98 Å². The third kappa shape index (κ3) is 4.82. The molecule has 5 heterocycles. The molecule has 0 aromatic carbocycles. The van der Waals surface area contributed by atoms with E-state index in [-0.39, 0.29) is 45.9 Å². The number of fused-ring (bicyclic) bond motifs is 2. The third-order valence-corrected chi connectivity index (χ3v) is 12.2. The Bertz CT molecular complexity index is 1710. The highest BCUT2D eigenvalue weighted by Crippen LogP contribution is 2.40. The van der Waals surface area contributed by atoms with Gasteiger partial charge in [0, 0.05) is 23.4 Å². The van der Waals surface area contributed by atoms with Gasteiger partial charge in [-0.1, -0.05) is 5.16 Å². The van der Waals surface area contributed by atoms with E-state index in [0.717, 1.165) is 27.7 Å². The van der Waals surface area contributed by atoms with Crippen LogP contribution < -0.4 is 16.8 Å². The molecule has 3 aromatic rings. The lowest BCUT2D eigenvalue weighted by Gasteiger charge is -2.54. The standard InChI is InChI=1S/C18H19N11O7S4/c1-36-25-10(8-3-37-17(20)21-8)13(30)22-11-14(31)28-4-18(16(32)33,6-39(15(11)28)40(34)35)5-38-9-2-7(19)12-23-26-27-29(12)24-9/h2-3,11,15H,4-6,19H2,1H3,(H2,20,21)(H,22,30)(H,32,33)/t11?,15-,18?,39?/m1/s1. The summed E-state index contributed by atoms with van der Waals surface area (Å²) in [5.74, 6) is -3.18. The Hall–Kier alpha value is -3.89. The largest absolute Gasteiger partial charge is 0.481 e. The predicted molar refractivity (Wildman–Crippen MR) is 142 cm³/mol. The molecule has 18 nitrogen and oxygen atoms in total. The van der Waals surface area contributed by atoms with Gasteiger partial charge in [0.2, 0.25) is 20.8 Å². The first-order valence-electron chi connectivity index (χ1n) is 11.0. The van der Waals surface area contributed by atoms with Gasteiger partial charge in [-0.2, -0.15) is 8.42 Å². The summed E-state index contributed by atoms with van der Waals surface area (Å²) in [5, 5.41) is 32.4. The summed E-state index contributed by atoms with van der Waals surface area (Å²) in [6.07, 6.45) is 0. The molecule has 0 bridgehead atoms. The minimum Gasteiger partial charge on any atom is -0.481 e. The zero-order valence-corrected chi connectivity index (χ0v) is 23.5. The Morgan fingerprint density at radius 2 is 2.20 bits per heavy atom. The Morgan fingerprint density at radius 3 is 2.85 bits per heavy atom. The van der Waals surface area contributed by atoms with E-state index in [0.29, 0.717) is 5.03 Å². The van der Waals surface area contributed by atoms with Crippen molar-refractivity contribution in [1.82, 2.24) is 40.5 Å². The number of tetrazole rings is 1. The molecule has 0 radical (unpaired) electrons. The number of rotatable bonds is 8. The highest BCUT2D eigenvalue weighted by Gasteiger charge is 2.60. The second-order valence-corrected chi connectivity index (χ2v) is 14.5. The second kappa shape index (κ2) is 10.6. The highest BCUT2D eigenvalue weighted by atomic mass is 32.9. The molecule has 0 spiro atoms. The summed E-state index contributed by atoms with van der Waals surface area (Å²) in [5.41, 5.74) is 10.2. The average Bonchev–Trinajstić information content (AvgIpc) is 3.57. The molecule has 4 atom stereocenters. The van der Waals surface area contributed by atoms with Crippen LogP contribution in [0.25, 0.3) is 5.65 Å². The molecule has 2 amide bonds. The fourth-order valence-corrected chi connectivity index (χ4v) is 10.3. The van der Waals surface area contributed by atoms with Crippen LogP contribution >= 0.6 is 23.1 Å². The maximum absolute atomic E-state index is 13.1. The number of aliphatic carboxylic acids is 1. The van der Waals surface area contributed by atoms with Gasteiger partial charge in [0.05, 0.1) is 5.69 Å². The minimum atomic E-state index is -2.77. The van der Waals surface area contributed by atoms with Gasteiger partial charge in [-0.3, -0.25) is 14.4 Å². The molecule has 212 valence electrons. The minimum absolute atomic E-state index is 0.108. The molecule has 3 aromatic heterocycles. The van der Waals surface area contributed by atoms with Crippen LogP contribution in [-0.2, 0) is 37.9 Å². The zero-order chi connectivity index (χ0) is 28.8. The van der Waals surface area contributed by atoms with E-state index >= 15 is 0 Å². The first kappa shape index (κ1) is 27.7. The third-order valence-electron chi connectivity index (χ3n) is 6.06. The monoisotopic (exact) mass is 629 g/mol. The normalized spacial score (nSPS) is 24.3. The van der Waals surface area contributed by atoms with E-state index in [1.807, 2.05) is 0 Å². The van der Waals surface area contributed by atoms with Crippen LogP contribution in [0.4, 0.5) is 10.8 Å². The SMILES string of the molecule is CON=C(C(=O)NC1C(=O)N2CC(CSc3cc(N)c4nnnn4n3)(C(=O)O)CS(=S(=O)=O)[C@H]12)c1csc(N)n1. The van der Waals surface area contributed by atoms with Gasteiger partial charge in [-0.05, 0) is 25.9 Å². The molecule has 0 aliphatic carbocycles. The molecule has 6 N–H and O–H groups in total. The van der Waals surface area contributed by atoms with Crippen LogP contribution in [0.5, 0.6) is 0 Å². The van der Waals surface area contributed by atoms with Crippen molar-refractivity contribution in [1.29, 1.82) is 0 Å². The molecule has 2 aliphatic rings. The lowest BCUT2D eigenvalue weighted by molar-refractivity contribution is -0.157. The van der Waals surface area contributed by atoms with Crippen LogP contribution in [0.2, 0.25) is 0 Å². The number of aromatic nitrogens is 6. The van der Waals surface area contributed by atoms with E-state index in [2.05, 4.69) is 36.1 Å². The molecule has 2 aliphatic heterocycles. The Kier molecular flexibility index (Phi) is 7.32. The number of carbonyl (C=O) groups excluding carboxylic acids is 2. The number of thioether (sulfide) groups is 1. The van der Waals surface area contributed by atoms with Gasteiger partial charge in [0.15, 0.2) is 10.8 Å². The lowest BCUT2D eigenvalue weighted by Crippen LogP contribution is -2.77. The number of nitrogens with two attached hydrogens (primary N) is 2. The number of hydrogen-bond donors (Lipinski definition) is 4. The van der Waals surface area contributed by atoms with Crippen molar-refractivity contribution < 1.29 is 32.7 Å². The fraction of sp³-hybridized carbons (Fsp3) is 0.389. The molecule has 0 saturated carbocycles. The van der Waals surface area contributed by atoms with Crippen molar-refractivity contribution >= 4 is 81.8 Å². The molecule has 40 heavy (non-hydrogen) atoms. The van der Waals surface area contributed by atoms with Crippen LogP contribution in [0.1, 0.15) is 5.69 Å². The van der Waals surface area contributed by atoms with Crippen molar-refractivity contribution in [3.63, 3.8) is 0 Å². The number of nitrogens with zero attached hydrogens (tertiary/aromatic N) is 8. The second-order valence-electron chi connectivity index (χ2n) is 8.53. The maximum Gasteiger partial charge on any atom is 0.313 e. The number of oxime groups is 1. The van der Waals surface area contributed by atoms with E-state index < -0.39 is 53.3 Å². The quantitative estimate of drug-likeness (QED) is 0.0863. The molecule has 2 saturated heterocycles. The molecule has 2 fully saturated rings. The van der Waals surface area contributed by atoms with Crippen molar-refractivity contribution in [2.45, 2.75) is 16.4 Å². The maximum atomic E-state index is 13.1. The van der Waals surface area contributed by atoms with Crippen molar-refractivity contribution in [2.24, 2.45) is 10.6 Å². The molecule has 22 heteroatoms. The molecule has 3 unspecified atom stereocenters. The first-order chi connectivity index (χ1) is 19.0. The Labute approximate surface area is 235 Å². The number of hydrogen-bond acceptors (Lipinski definition) is 16. The number of carboxylic acid groups (broad SMARTS) is 1. The van der Waals surface area contributed by atoms with Gasteiger partial charge in [-0.15, -0.1) is 37.9 Å². The summed E-state index contributed by atoms with van der Waals surface area (Å²) >= 11 is 2.07. The zero-order valence-electron chi connectivity index (χ0n) is 20.2. The number of carboxylic acids is 1. The number of β-lactam (4-membered cyclic amide) rings is 1. The van der Waals surface area contributed by atoms with Crippen LogP contribution in [0, 0.1) is 5.41 Å². The molecular formula is C18H19N11O7S4. The van der Waals surface area contributed by atoms with Gasteiger partial charge in [0.25, 0.3) is 5.91 Å². The van der Waals surface area contributed by atoms with E-state index in [4.69, 9.17) is 16.3 Å². The van der Waals surface area contributed by atoms with Crippen LogP contribution in [-0.4, -0.2) is 109 Å². The summed E-state index contributed by atoms with van der Waals surface area (Å²) in [4.78, 5) is 48.5. The van der Waals surface area contributed by atoms with Crippen LogP contribution in [0.15, 0.2) is 21.6 Å². The van der Waals surface area contributed by atoms with Crippen LogP contribution in [0.3, 0.4) is 0 Å². The Balaban J connectivity index is 1.38. The summed E-state index contributed by atoms with van der Waals surface area (Å²) in [7, 11) is -3.20.